The van der Waals surface area contributed by atoms with E-state index in [4.69, 9.17) is 0 Å². The highest BCUT2D eigenvalue weighted by Crippen LogP contribution is 2.32. The smallest absolute Gasteiger partial charge is 0.0204 e. The Morgan fingerprint density at radius 1 is 1.20 bits per heavy atom. The van der Waals surface area contributed by atoms with Crippen LogP contribution in [0.3, 0.4) is 0 Å². The van der Waals surface area contributed by atoms with E-state index >= 15 is 0 Å². The van der Waals surface area contributed by atoms with E-state index in [-0.39, 0.29) is 0 Å². The molecule has 3 heteroatoms. The number of rotatable bonds is 4. The number of hydrogen-bond acceptors (Lipinski definition) is 3. The second-order valence-corrected chi connectivity index (χ2v) is 7.82. The summed E-state index contributed by atoms with van der Waals surface area (Å²) in [4.78, 5) is 4.24. The highest BCUT2D eigenvalue weighted by Gasteiger charge is 2.31. The lowest BCUT2D eigenvalue weighted by Gasteiger charge is -2.41. The van der Waals surface area contributed by atoms with Crippen LogP contribution in [0.15, 0.2) is 17.5 Å². The van der Waals surface area contributed by atoms with Crippen LogP contribution in [0, 0.1) is 0 Å². The fraction of sp³-hybridized carbons (Fsp3) is 0.765. The normalized spacial score (nSPS) is 29.4. The Balaban J connectivity index is 1.66. The summed E-state index contributed by atoms with van der Waals surface area (Å²) in [6.07, 6.45) is 6.95. The summed E-state index contributed by atoms with van der Waals surface area (Å²) >= 11 is 1.93. The zero-order chi connectivity index (χ0) is 13.9. The van der Waals surface area contributed by atoms with Gasteiger partial charge in [-0.15, -0.1) is 11.3 Å². The molecule has 1 saturated carbocycles. The molecule has 1 saturated heterocycles. The van der Waals surface area contributed by atoms with E-state index < -0.39 is 0 Å². The SMILES string of the molecule is CC(C)N1CC(NC2CCCC2)CC(c2cccs2)C1. The van der Waals surface area contributed by atoms with Crippen molar-refractivity contribution in [3.63, 3.8) is 0 Å². The van der Waals surface area contributed by atoms with Crippen molar-refractivity contribution >= 4 is 11.3 Å². The van der Waals surface area contributed by atoms with Crippen LogP contribution in [0.2, 0.25) is 0 Å². The molecule has 1 aromatic rings. The minimum absolute atomic E-state index is 0.658. The standard InChI is InChI=1S/C17H28N2S/c1-13(2)19-11-14(17-8-5-9-20-17)10-16(12-19)18-15-6-3-4-7-15/h5,8-9,13-16,18H,3-4,6-7,10-12H2,1-2H3. The van der Waals surface area contributed by atoms with Gasteiger partial charge in [-0.3, -0.25) is 4.90 Å². The largest absolute Gasteiger partial charge is 0.310 e. The molecule has 2 nitrogen and oxygen atoms in total. The highest BCUT2D eigenvalue weighted by molar-refractivity contribution is 7.10. The average molecular weight is 292 g/mol. The summed E-state index contributed by atoms with van der Waals surface area (Å²) < 4.78 is 0. The second-order valence-electron chi connectivity index (χ2n) is 6.84. The molecule has 2 fully saturated rings. The summed E-state index contributed by atoms with van der Waals surface area (Å²) in [5, 5.41) is 6.18. The molecule has 2 unspecified atom stereocenters. The number of piperidine rings is 1. The predicted molar refractivity (Wildman–Crippen MR) is 87.6 cm³/mol. The van der Waals surface area contributed by atoms with Gasteiger partial charge in [0, 0.05) is 42.0 Å². The number of nitrogens with zero attached hydrogens (tertiary/aromatic N) is 1. The highest BCUT2D eigenvalue weighted by atomic mass is 32.1. The first-order valence-electron chi connectivity index (χ1n) is 8.26. The first kappa shape index (κ1) is 14.6. The fourth-order valence-electron chi connectivity index (χ4n) is 3.83. The van der Waals surface area contributed by atoms with E-state index in [0.29, 0.717) is 12.1 Å². The topological polar surface area (TPSA) is 15.3 Å². The van der Waals surface area contributed by atoms with Gasteiger partial charge in [-0.1, -0.05) is 18.9 Å². The Hall–Kier alpha value is -0.380. The first-order valence-corrected chi connectivity index (χ1v) is 9.14. The Kier molecular flexibility index (Phi) is 4.79. The van der Waals surface area contributed by atoms with E-state index in [0.717, 1.165) is 12.0 Å². The van der Waals surface area contributed by atoms with E-state index in [1.807, 2.05) is 11.3 Å². The molecule has 0 spiro atoms. The minimum atomic E-state index is 0.658. The van der Waals surface area contributed by atoms with Crippen molar-refractivity contribution < 1.29 is 0 Å². The predicted octanol–water partition coefficient (Wildman–Crippen LogP) is 3.85. The van der Waals surface area contributed by atoms with Gasteiger partial charge in [0.25, 0.3) is 0 Å². The van der Waals surface area contributed by atoms with E-state index in [9.17, 15) is 0 Å². The molecule has 1 aliphatic carbocycles. The number of nitrogens with one attached hydrogen (secondary N) is 1. The summed E-state index contributed by atoms with van der Waals surface area (Å²) in [7, 11) is 0. The maximum absolute atomic E-state index is 3.96. The maximum Gasteiger partial charge on any atom is 0.0204 e. The number of thiophene rings is 1. The molecule has 1 N–H and O–H groups in total. The molecule has 2 atom stereocenters. The molecule has 0 radical (unpaired) electrons. The van der Waals surface area contributed by atoms with Crippen LogP contribution in [0.4, 0.5) is 0 Å². The quantitative estimate of drug-likeness (QED) is 0.907. The van der Waals surface area contributed by atoms with Gasteiger partial charge in [-0.25, -0.2) is 0 Å². The van der Waals surface area contributed by atoms with Crippen molar-refractivity contribution in [3.8, 4) is 0 Å². The van der Waals surface area contributed by atoms with Crippen molar-refractivity contribution in [2.24, 2.45) is 0 Å². The van der Waals surface area contributed by atoms with Crippen molar-refractivity contribution in [1.29, 1.82) is 0 Å². The number of likely N-dealkylation sites (tertiary alicyclic amines) is 1. The first-order chi connectivity index (χ1) is 9.72. The second kappa shape index (κ2) is 6.59. The molecule has 0 aromatic carbocycles. The third kappa shape index (κ3) is 3.44. The van der Waals surface area contributed by atoms with Crippen LogP contribution in [-0.4, -0.2) is 36.1 Å². The molecule has 112 valence electrons. The molecule has 1 aliphatic heterocycles. The summed E-state index contributed by atoms with van der Waals surface area (Å²) in [5.74, 6) is 0.727. The zero-order valence-corrected chi connectivity index (χ0v) is 13.7. The summed E-state index contributed by atoms with van der Waals surface area (Å²) in [6.45, 7) is 7.14. The van der Waals surface area contributed by atoms with Gasteiger partial charge in [-0.05, 0) is 44.6 Å². The van der Waals surface area contributed by atoms with Crippen LogP contribution in [0.5, 0.6) is 0 Å². The number of hydrogen-bond donors (Lipinski definition) is 1. The van der Waals surface area contributed by atoms with Gasteiger partial charge >= 0.3 is 0 Å². The minimum Gasteiger partial charge on any atom is -0.310 e. The molecule has 2 aliphatic rings. The van der Waals surface area contributed by atoms with Crippen LogP contribution in [0.1, 0.15) is 56.7 Å². The van der Waals surface area contributed by atoms with Gasteiger partial charge in [0.05, 0.1) is 0 Å². The molecule has 20 heavy (non-hydrogen) atoms. The van der Waals surface area contributed by atoms with Gasteiger partial charge in [0.1, 0.15) is 0 Å². The Morgan fingerprint density at radius 3 is 2.65 bits per heavy atom. The van der Waals surface area contributed by atoms with Gasteiger partial charge < -0.3 is 5.32 Å². The van der Waals surface area contributed by atoms with Crippen molar-refractivity contribution in [1.82, 2.24) is 10.2 Å². The third-order valence-corrected chi connectivity index (χ3v) is 6.02. The zero-order valence-electron chi connectivity index (χ0n) is 12.8. The van der Waals surface area contributed by atoms with Gasteiger partial charge in [0.15, 0.2) is 0 Å². The molecule has 0 bridgehead atoms. The lowest BCUT2D eigenvalue weighted by atomic mass is 9.91. The Morgan fingerprint density at radius 2 is 2.00 bits per heavy atom. The lowest BCUT2D eigenvalue weighted by Crippen LogP contribution is -2.52. The molecule has 3 rings (SSSR count). The molecule has 0 amide bonds. The third-order valence-electron chi connectivity index (χ3n) is 4.98. The van der Waals surface area contributed by atoms with Crippen molar-refractivity contribution in [2.45, 2.75) is 70.0 Å². The maximum atomic E-state index is 3.96. The Bertz CT molecular complexity index is 393. The summed E-state index contributed by atoms with van der Waals surface area (Å²) in [6, 6.07) is 6.66. The van der Waals surface area contributed by atoms with Crippen LogP contribution in [0.25, 0.3) is 0 Å². The fourth-order valence-corrected chi connectivity index (χ4v) is 4.67. The van der Waals surface area contributed by atoms with Crippen molar-refractivity contribution in [2.75, 3.05) is 13.1 Å². The van der Waals surface area contributed by atoms with Crippen LogP contribution < -0.4 is 5.32 Å². The monoisotopic (exact) mass is 292 g/mol. The molecular weight excluding hydrogens is 264 g/mol. The van der Waals surface area contributed by atoms with Gasteiger partial charge in [-0.2, -0.15) is 0 Å². The van der Waals surface area contributed by atoms with E-state index in [1.54, 1.807) is 4.88 Å². The molecule has 1 aromatic heterocycles. The van der Waals surface area contributed by atoms with Crippen LogP contribution >= 0.6 is 11.3 Å². The summed E-state index contributed by atoms with van der Waals surface area (Å²) in [5.41, 5.74) is 0. The van der Waals surface area contributed by atoms with Crippen LogP contribution in [-0.2, 0) is 0 Å². The lowest BCUT2D eigenvalue weighted by molar-refractivity contribution is 0.133. The van der Waals surface area contributed by atoms with Gasteiger partial charge in [0.2, 0.25) is 0 Å². The molecular formula is C17H28N2S. The Labute approximate surface area is 127 Å². The molecule has 2 heterocycles. The van der Waals surface area contributed by atoms with E-state index in [2.05, 4.69) is 41.6 Å². The van der Waals surface area contributed by atoms with E-state index in [1.165, 1.54) is 45.2 Å². The van der Waals surface area contributed by atoms with Crippen molar-refractivity contribution in [3.05, 3.63) is 22.4 Å². The average Bonchev–Trinajstić information content (AvgIpc) is 3.11.